The average Bonchev–Trinajstić information content (AvgIpc) is 2.28. The van der Waals surface area contributed by atoms with E-state index >= 15 is 0 Å². The zero-order chi connectivity index (χ0) is 12.3. The van der Waals surface area contributed by atoms with Gasteiger partial charge >= 0.3 is 0 Å². The van der Waals surface area contributed by atoms with Crippen molar-refractivity contribution in [2.45, 2.75) is 44.9 Å². The van der Waals surface area contributed by atoms with Crippen molar-refractivity contribution < 1.29 is 5.11 Å². The summed E-state index contributed by atoms with van der Waals surface area (Å²) < 4.78 is 0. The highest BCUT2D eigenvalue weighted by molar-refractivity contribution is 6.37. The minimum Gasteiger partial charge on any atom is -0.505 e. The molecule has 1 aliphatic rings. The number of rotatable bonds is 0. The van der Waals surface area contributed by atoms with Crippen LogP contribution in [0.25, 0.3) is 0 Å². The van der Waals surface area contributed by atoms with Crippen LogP contribution in [0.5, 0.6) is 5.75 Å². The summed E-state index contributed by atoms with van der Waals surface area (Å²) >= 11 is 12.2. The van der Waals surface area contributed by atoms with E-state index in [0.29, 0.717) is 10.0 Å². The van der Waals surface area contributed by atoms with Gasteiger partial charge in [0.25, 0.3) is 0 Å². The fourth-order valence-corrected chi connectivity index (χ4v) is 3.80. The van der Waals surface area contributed by atoms with Crippen molar-refractivity contribution in [1.82, 2.24) is 0 Å². The fraction of sp³-hybridized carbons (Fsp3) is 0.538. The summed E-state index contributed by atoms with van der Waals surface area (Å²) in [5, 5.41) is 10.6. The third-order valence-corrected chi connectivity index (χ3v) is 4.14. The van der Waals surface area contributed by atoms with E-state index in [9.17, 15) is 5.11 Å². The van der Waals surface area contributed by atoms with E-state index in [4.69, 9.17) is 23.2 Å². The highest BCUT2D eigenvalue weighted by atomic mass is 35.5. The first-order valence-corrected chi connectivity index (χ1v) is 6.14. The number of fused-ring (bicyclic) bond motifs is 1. The van der Waals surface area contributed by atoms with Crippen LogP contribution in [0, 0.1) is 0 Å². The van der Waals surface area contributed by atoms with Gasteiger partial charge in [0.15, 0.2) is 5.75 Å². The molecule has 0 radical (unpaired) electrons. The Morgan fingerprint density at radius 3 is 2.25 bits per heavy atom. The number of hydrogen-bond acceptors (Lipinski definition) is 1. The molecule has 0 saturated carbocycles. The largest absolute Gasteiger partial charge is 0.505 e. The number of benzene rings is 1. The summed E-state index contributed by atoms with van der Waals surface area (Å²) in [6.45, 7) is 8.67. The molecule has 2 rings (SSSR count). The number of aromatic hydroxyl groups is 1. The first kappa shape index (κ1) is 12.1. The van der Waals surface area contributed by atoms with Gasteiger partial charge in [0, 0.05) is 0 Å². The van der Waals surface area contributed by atoms with Crippen LogP contribution < -0.4 is 0 Å². The molecule has 1 aromatic carbocycles. The molecule has 0 fully saturated rings. The molecule has 88 valence electrons. The summed E-state index contributed by atoms with van der Waals surface area (Å²) in [5.41, 5.74) is 2.24. The molecule has 0 spiro atoms. The van der Waals surface area contributed by atoms with Gasteiger partial charge in [-0.1, -0.05) is 50.9 Å². The molecule has 0 aliphatic heterocycles. The Morgan fingerprint density at radius 2 is 1.69 bits per heavy atom. The molecule has 1 N–H and O–H groups in total. The summed E-state index contributed by atoms with van der Waals surface area (Å²) in [4.78, 5) is 0. The maximum Gasteiger partial charge on any atom is 0.153 e. The highest BCUT2D eigenvalue weighted by Crippen LogP contribution is 2.55. The molecule has 3 heteroatoms. The van der Waals surface area contributed by atoms with Crippen LogP contribution in [-0.4, -0.2) is 5.11 Å². The van der Waals surface area contributed by atoms with Crippen LogP contribution in [0.3, 0.4) is 0 Å². The smallest absolute Gasteiger partial charge is 0.153 e. The monoisotopic (exact) mass is 258 g/mol. The van der Waals surface area contributed by atoms with E-state index in [0.717, 1.165) is 17.5 Å². The van der Waals surface area contributed by atoms with Crippen molar-refractivity contribution in [1.29, 1.82) is 0 Å². The van der Waals surface area contributed by atoms with Crippen molar-refractivity contribution in [2.24, 2.45) is 0 Å². The second kappa shape index (κ2) is 3.30. The predicted octanol–water partition coefficient (Wildman–Crippen LogP) is 4.66. The van der Waals surface area contributed by atoms with Crippen LogP contribution >= 0.6 is 23.2 Å². The predicted molar refractivity (Wildman–Crippen MR) is 68.8 cm³/mol. The van der Waals surface area contributed by atoms with E-state index < -0.39 is 0 Å². The lowest BCUT2D eigenvalue weighted by atomic mass is 9.82. The third-order valence-electron chi connectivity index (χ3n) is 3.48. The van der Waals surface area contributed by atoms with Crippen molar-refractivity contribution in [3.63, 3.8) is 0 Å². The van der Waals surface area contributed by atoms with Crippen LogP contribution in [0.4, 0.5) is 0 Å². The Balaban J connectivity index is 2.82. The number of phenols is 1. The van der Waals surface area contributed by atoms with Crippen molar-refractivity contribution in [2.75, 3.05) is 0 Å². The molecule has 0 amide bonds. The van der Waals surface area contributed by atoms with Crippen molar-refractivity contribution in [3.05, 3.63) is 27.2 Å². The lowest BCUT2D eigenvalue weighted by molar-refractivity contribution is 0.402. The van der Waals surface area contributed by atoms with Gasteiger partial charge in [-0.15, -0.1) is 0 Å². The lowest BCUT2D eigenvalue weighted by Crippen LogP contribution is -2.18. The summed E-state index contributed by atoms with van der Waals surface area (Å²) in [7, 11) is 0. The van der Waals surface area contributed by atoms with E-state index in [2.05, 4.69) is 27.7 Å². The van der Waals surface area contributed by atoms with E-state index in [1.807, 2.05) is 6.07 Å². The summed E-state index contributed by atoms with van der Waals surface area (Å²) in [6.07, 6.45) is 1.01. The minimum absolute atomic E-state index is 0.00728. The molecular formula is C13H16Cl2O. The maximum absolute atomic E-state index is 9.81. The number of phenolic OH excluding ortho intramolecular Hbond substituents is 1. The zero-order valence-corrected chi connectivity index (χ0v) is 11.5. The van der Waals surface area contributed by atoms with Crippen molar-refractivity contribution >= 4 is 23.2 Å². The fourth-order valence-electron chi connectivity index (χ4n) is 3.09. The van der Waals surface area contributed by atoms with Gasteiger partial charge in [-0.25, -0.2) is 0 Å². The highest BCUT2D eigenvalue weighted by Gasteiger charge is 2.44. The van der Waals surface area contributed by atoms with E-state index in [1.54, 1.807) is 0 Å². The van der Waals surface area contributed by atoms with Crippen LogP contribution in [0.15, 0.2) is 6.07 Å². The second-order valence-corrected chi connectivity index (χ2v) is 6.67. The van der Waals surface area contributed by atoms with Crippen molar-refractivity contribution in [3.8, 4) is 5.75 Å². The Morgan fingerprint density at radius 1 is 1.12 bits per heavy atom. The molecule has 0 unspecified atom stereocenters. The van der Waals surface area contributed by atoms with Gasteiger partial charge in [0.2, 0.25) is 0 Å². The Hall–Kier alpha value is -0.400. The second-order valence-electron chi connectivity index (χ2n) is 5.89. The van der Waals surface area contributed by atoms with E-state index in [-0.39, 0.29) is 16.6 Å². The molecule has 0 heterocycles. The standard InChI is InChI=1S/C13H16Cl2O/c1-12(2)6-13(3,4)9-7(12)5-8(14)11(16)10(9)15/h5,16H,6H2,1-4H3. The molecule has 1 aromatic rings. The Kier molecular flexibility index (Phi) is 2.49. The average molecular weight is 259 g/mol. The summed E-state index contributed by atoms with van der Waals surface area (Å²) in [5.74, 6) is 0.00728. The molecule has 0 aromatic heterocycles. The van der Waals surface area contributed by atoms with Gasteiger partial charge in [-0.05, 0) is 34.4 Å². The van der Waals surface area contributed by atoms with Crippen LogP contribution in [0.1, 0.15) is 45.2 Å². The van der Waals surface area contributed by atoms with Crippen LogP contribution in [-0.2, 0) is 10.8 Å². The van der Waals surface area contributed by atoms with Crippen LogP contribution in [0.2, 0.25) is 10.0 Å². The molecule has 0 bridgehead atoms. The van der Waals surface area contributed by atoms with Gasteiger partial charge < -0.3 is 5.11 Å². The Bertz CT molecular complexity index is 461. The zero-order valence-electron chi connectivity index (χ0n) is 9.99. The molecule has 16 heavy (non-hydrogen) atoms. The van der Waals surface area contributed by atoms with Gasteiger partial charge in [0.1, 0.15) is 0 Å². The van der Waals surface area contributed by atoms with E-state index in [1.165, 1.54) is 0 Å². The SMILES string of the molecule is CC1(C)CC(C)(C)c2c1cc(Cl)c(O)c2Cl. The quantitative estimate of drug-likeness (QED) is 0.718. The topological polar surface area (TPSA) is 20.2 Å². The normalized spacial score (nSPS) is 20.9. The maximum atomic E-state index is 9.81. The van der Waals surface area contributed by atoms with Gasteiger partial charge in [0.05, 0.1) is 10.0 Å². The molecule has 1 nitrogen and oxygen atoms in total. The number of hydrogen-bond donors (Lipinski definition) is 1. The number of halogens is 2. The minimum atomic E-state index is -0.0159. The first-order valence-electron chi connectivity index (χ1n) is 5.39. The molecule has 1 aliphatic carbocycles. The van der Waals surface area contributed by atoms with Gasteiger partial charge in [-0.3, -0.25) is 0 Å². The Labute approximate surface area is 106 Å². The first-order chi connectivity index (χ1) is 7.17. The molecular weight excluding hydrogens is 243 g/mol. The van der Waals surface area contributed by atoms with Gasteiger partial charge in [-0.2, -0.15) is 0 Å². The molecule has 0 atom stereocenters. The lowest BCUT2D eigenvalue weighted by Gasteiger charge is -2.22. The third kappa shape index (κ3) is 1.53. The molecule has 0 saturated heterocycles. The summed E-state index contributed by atoms with van der Waals surface area (Å²) in [6, 6.07) is 1.85.